The van der Waals surface area contributed by atoms with Crippen molar-refractivity contribution in [3.63, 3.8) is 0 Å². The molecule has 0 spiro atoms. The van der Waals surface area contributed by atoms with Crippen LogP contribution in [0.5, 0.6) is 5.75 Å². The van der Waals surface area contributed by atoms with Gasteiger partial charge in [-0.1, -0.05) is 42.5 Å². The van der Waals surface area contributed by atoms with Crippen LogP contribution in [0.3, 0.4) is 0 Å². The number of rotatable bonds is 9. The molecule has 2 rings (SSSR count). The Hall–Kier alpha value is -1.84. The second-order valence-corrected chi connectivity index (χ2v) is 6.97. The molecule has 1 atom stereocenters. The molecule has 0 amide bonds. The molecule has 3 nitrogen and oxygen atoms in total. The zero-order valence-corrected chi connectivity index (χ0v) is 15.0. The molecule has 0 saturated heterocycles. The van der Waals surface area contributed by atoms with Crippen molar-refractivity contribution in [2.75, 3.05) is 13.7 Å². The van der Waals surface area contributed by atoms with E-state index in [-0.39, 0.29) is 11.6 Å². The molecule has 3 heteroatoms. The minimum Gasteiger partial charge on any atom is -0.497 e. The van der Waals surface area contributed by atoms with Crippen molar-refractivity contribution in [2.45, 2.75) is 44.8 Å². The molecule has 0 aliphatic carbocycles. The van der Waals surface area contributed by atoms with Crippen LogP contribution in [0.4, 0.5) is 0 Å². The molecule has 24 heavy (non-hydrogen) atoms. The standard InChI is InChI=1S/C21H29NO2/c1-21(2,15-18-10-13-20(24-3)14-11-18)22-16-19(23)12-9-17-7-5-4-6-8-17/h4-8,10-11,13-14,19,22-23H,9,12,15-16H2,1-3H3. The van der Waals surface area contributed by atoms with E-state index in [9.17, 15) is 5.11 Å². The predicted molar refractivity (Wildman–Crippen MR) is 99.5 cm³/mol. The molecule has 0 heterocycles. The quantitative estimate of drug-likeness (QED) is 0.739. The van der Waals surface area contributed by atoms with E-state index >= 15 is 0 Å². The Morgan fingerprint density at radius 3 is 2.29 bits per heavy atom. The van der Waals surface area contributed by atoms with Gasteiger partial charge in [-0.2, -0.15) is 0 Å². The monoisotopic (exact) mass is 327 g/mol. The molecule has 1 unspecified atom stereocenters. The zero-order chi connectivity index (χ0) is 17.4. The van der Waals surface area contributed by atoms with Crippen LogP contribution in [0.25, 0.3) is 0 Å². The first-order chi connectivity index (χ1) is 11.5. The summed E-state index contributed by atoms with van der Waals surface area (Å²) in [7, 11) is 1.68. The molecule has 0 bridgehead atoms. The maximum Gasteiger partial charge on any atom is 0.118 e. The fourth-order valence-corrected chi connectivity index (χ4v) is 2.79. The number of aryl methyl sites for hydroxylation is 1. The van der Waals surface area contributed by atoms with Gasteiger partial charge in [0.1, 0.15) is 5.75 Å². The lowest BCUT2D eigenvalue weighted by Gasteiger charge is -2.28. The lowest BCUT2D eigenvalue weighted by molar-refractivity contribution is 0.149. The minimum absolute atomic E-state index is 0.0671. The SMILES string of the molecule is COc1ccc(CC(C)(C)NCC(O)CCc2ccccc2)cc1. The van der Waals surface area contributed by atoms with Gasteiger partial charge in [-0.15, -0.1) is 0 Å². The molecular formula is C21H29NO2. The molecule has 0 fully saturated rings. The highest BCUT2D eigenvalue weighted by Gasteiger charge is 2.19. The van der Waals surface area contributed by atoms with Crippen LogP contribution in [0.2, 0.25) is 0 Å². The number of aliphatic hydroxyl groups is 1. The second-order valence-electron chi connectivity index (χ2n) is 6.97. The van der Waals surface area contributed by atoms with Gasteiger partial charge in [0.05, 0.1) is 13.2 Å². The predicted octanol–water partition coefficient (Wildman–Crippen LogP) is 3.60. The summed E-state index contributed by atoms with van der Waals surface area (Å²) in [5, 5.41) is 13.7. The summed E-state index contributed by atoms with van der Waals surface area (Å²) in [4.78, 5) is 0. The summed E-state index contributed by atoms with van der Waals surface area (Å²) < 4.78 is 5.19. The first kappa shape index (κ1) is 18.5. The van der Waals surface area contributed by atoms with Crippen LogP contribution >= 0.6 is 0 Å². The van der Waals surface area contributed by atoms with E-state index in [0.29, 0.717) is 6.54 Å². The van der Waals surface area contributed by atoms with E-state index in [0.717, 1.165) is 25.0 Å². The molecule has 130 valence electrons. The van der Waals surface area contributed by atoms with Gasteiger partial charge in [-0.3, -0.25) is 0 Å². The van der Waals surface area contributed by atoms with Crippen LogP contribution in [0.1, 0.15) is 31.4 Å². The van der Waals surface area contributed by atoms with E-state index in [2.05, 4.69) is 43.4 Å². The van der Waals surface area contributed by atoms with E-state index in [4.69, 9.17) is 4.74 Å². The van der Waals surface area contributed by atoms with Crippen molar-refractivity contribution in [1.82, 2.24) is 5.32 Å². The van der Waals surface area contributed by atoms with E-state index in [1.807, 2.05) is 30.3 Å². The largest absolute Gasteiger partial charge is 0.497 e. The third-order valence-corrected chi connectivity index (χ3v) is 4.23. The van der Waals surface area contributed by atoms with Crippen molar-refractivity contribution in [3.05, 3.63) is 65.7 Å². The van der Waals surface area contributed by atoms with Crippen molar-refractivity contribution in [3.8, 4) is 5.75 Å². The highest BCUT2D eigenvalue weighted by atomic mass is 16.5. The highest BCUT2D eigenvalue weighted by molar-refractivity contribution is 5.28. The lowest BCUT2D eigenvalue weighted by atomic mass is 9.94. The molecule has 2 N–H and O–H groups in total. The summed E-state index contributed by atoms with van der Waals surface area (Å²) >= 11 is 0. The van der Waals surface area contributed by atoms with Crippen molar-refractivity contribution in [2.24, 2.45) is 0 Å². The molecule has 0 radical (unpaired) electrons. The Labute approximate surface area is 145 Å². The first-order valence-electron chi connectivity index (χ1n) is 8.58. The number of hydrogen-bond donors (Lipinski definition) is 2. The summed E-state index contributed by atoms with van der Waals surface area (Å²) in [6.07, 6.45) is 2.25. The number of benzene rings is 2. The number of nitrogens with one attached hydrogen (secondary N) is 1. The van der Waals surface area contributed by atoms with Crippen molar-refractivity contribution < 1.29 is 9.84 Å². The van der Waals surface area contributed by atoms with Gasteiger partial charge in [-0.25, -0.2) is 0 Å². The first-order valence-corrected chi connectivity index (χ1v) is 8.58. The molecular weight excluding hydrogens is 298 g/mol. The normalized spacial score (nSPS) is 12.8. The molecule has 0 aliphatic heterocycles. The smallest absolute Gasteiger partial charge is 0.118 e. The van der Waals surface area contributed by atoms with Crippen LogP contribution in [0.15, 0.2) is 54.6 Å². The maximum absolute atomic E-state index is 10.2. The van der Waals surface area contributed by atoms with Crippen molar-refractivity contribution in [1.29, 1.82) is 0 Å². The van der Waals surface area contributed by atoms with Gasteiger partial charge in [-0.05, 0) is 56.4 Å². The minimum atomic E-state index is -0.333. The Kier molecular flexibility index (Phi) is 6.83. The van der Waals surface area contributed by atoms with Gasteiger partial charge < -0.3 is 15.2 Å². The lowest BCUT2D eigenvalue weighted by Crippen LogP contribution is -2.45. The Bertz CT molecular complexity index is 593. The van der Waals surface area contributed by atoms with Gasteiger partial charge in [0.15, 0.2) is 0 Å². The number of aliphatic hydroxyl groups excluding tert-OH is 1. The van der Waals surface area contributed by atoms with Gasteiger partial charge in [0.2, 0.25) is 0 Å². The highest BCUT2D eigenvalue weighted by Crippen LogP contribution is 2.17. The van der Waals surface area contributed by atoms with Gasteiger partial charge in [0.25, 0.3) is 0 Å². The van der Waals surface area contributed by atoms with Crippen LogP contribution in [-0.4, -0.2) is 30.4 Å². The van der Waals surface area contributed by atoms with E-state index in [1.54, 1.807) is 7.11 Å². The van der Waals surface area contributed by atoms with Crippen LogP contribution < -0.4 is 10.1 Å². The summed E-state index contributed by atoms with van der Waals surface area (Å²) in [5.41, 5.74) is 2.46. The average molecular weight is 327 g/mol. The summed E-state index contributed by atoms with van der Waals surface area (Å²) in [6, 6.07) is 18.5. The molecule has 0 aliphatic rings. The Balaban J connectivity index is 1.76. The topological polar surface area (TPSA) is 41.5 Å². The van der Waals surface area contributed by atoms with Gasteiger partial charge >= 0.3 is 0 Å². The molecule has 2 aromatic carbocycles. The summed E-state index contributed by atoms with van der Waals surface area (Å²) in [6.45, 7) is 4.94. The number of methoxy groups -OCH3 is 1. The van der Waals surface area contributed by atoms with Crippen molar-refractivity contribution >= 4 is 0 Å². The fraction of sp³-hybridized carbons (Fsp3) is 0.429. The van der Waals surface area contributed by atoms with Gasteiger partial charge in [0, 0.05) is 12.1 Å². The Morgan fingerprint density at radius 2 is 1.67 bits per heavy atom. The number of ether oxygens (including phenoxy) is 1. The zero-order valence-electron chi connectivity index (χ0n) is 15.0. The fourth-order valence-electron chi connectivity index (χ4n) is 2.79. The van der Waals surface area contributed by atoms with Crippen LogP contribution in [0, 0.1) is 0 Å². The van der Waals surface area contributed by atoms with Crippen LogP contribution in [-0.2, 0) is 12.8 Å². The number of β-amino-alcohol motifs (C(OH)–C–C–N with tert-alkyl or cyclic N) is 1. The Morgan fingerprint density at radius 1 is 1.00 bits per heavy atom. The maximum atomic E-state index is 10.2. The molecule has 0 saturated carbocycles. The third-order valence-electron chi connectivity index (χ3n) is 4.23. The third kappa shape index (κ3) is 6.34. The number of hydrogen-bond acceptors (Lipinski definition) is 3. The molecule has 2 aromatic rings. The average Bonchev–Trinajstić information content (AvgIpc) is 2.59. The second kappa shape index (κ2) is 8.86. The summed E-state index contributed by atoms with van der Waals surface area (Å²) in [5.74, 6) is 0.876. The molecule has 0 aromatic heterocycles. The van der Waals surface area contributed by atoms with E-state index < -0.39 is 0 Å². The van der Waals surface area contributed by atoms with E-state index in [1.165, 1.54) is 11.1 Å².